The predicted molar refractivity (Wildman–Crippen MR) is 277 cm³/mol. The zero-order chi connectivity index (χ0) is 43.3. The standard InChI is InChI=1S/C62H38N4/c1-4-19-39(20-5-1)59-60(40-21-6-2-7-22-40)64-61-49(32-18-33-53(61)63-59)45-35-36-55(46-28-13-10-25-42(45)46)66-54-34-17-16-29-47(54)51-37-52-57(38-56(51)66)65(41-23-8-3-9-24-41)62-50-31-15-12-27-44(50)43-26-11-14-30-48(43)58(52)62/h1-38H. The molecule has 0 aliphatic rings. The average Bonchev–Trinajstić information content (AvgIpc) is 3.90. The first-order valence-electron chi connectivity index (χ1n) is 22.6. The highest BCUT2D eigenvalue weighted by molar-refractivity contribution is 6.33. The summed E-state index contributed by atoms with van der Waals surface area (Å²) in [4.78, 5) is 10.9. The Hall–Kier alpha value is -8.86. The fourth-order valence-electron chi connectivity index (χ4n) is 10.8. The van der Waals surface area contributed by atoms with E-state index in [1.165, 1.54) is 59.6 Å². The zero-order valence-electron chi connectivity index (χ0n) is 35.7. The minimum absolute atomic E-state index is 0.861. The van der Waals surface area contributed by atoms with Crippen LogP contribution < -0.4 is 0 Å². The maximum atomic E-state index is 5.51. The number of benzene rings is 11. The van der Waals surface area contributed by atoms with Gasteiger partial charge in [-0.1, -0.05) is 188 Å². The number of aromatic nitrogens is 4. The summed E-state index contributed by atoms with van der Waals surface area (Å²) in [6.45, 7) is 0. The summed E-state index contributed by atoms with van der Waals surface area (Å²) in [6.07, 6.45) is 0. The SMILES string of the molecule is c1ccc(-c2nc3cccc(-c4ccc(-n5c6ccccc6c6cc7c8c9ccccc9c9ccccc9c8n(-c8ccccc8)c7cc65)c5ccccc45)c3nc2-c2ccccc2)cc1. The summed E-state index contributed by atoms with van der Waals surface area (Å²) in [7, 11) is 0. The van der Waals surface area contributed by atoms with E-state index < -0.39 is 0 Å². The van der Waals surface area contributed by atoms with E-state index in [0.29, 0.717) is 0 Å². The topological polar surface area (TPSA) is 35.6 Å². The molecule has 4 nitrogen and oxygen atoms in total. The highest BCUT2D eigenvalue weighted by atomic mass is 15.0. The lowest BCUT2D eigenvalue weighted by molar-refractivity contribution is 1.18. The predicted octanol–water partition coefficient (Wildman–Crippen LogP) is 16.3. The second-order valence-corrected chi connectivity index (χ2v) is 17.2. The van der Waals surface area contributed by atoms with Crippen molar-refractivity contribution in [1.82, 2.24) is 19.1 Å². The molecule has 0 unspecified atom stereocenters. The molecule has 0 aliphatic carbocycles. The van der Waals surface area contributed by atoms with Crippen molar-refractivity contribution in [3.8, 4) is 45.0 Å². The average molecular weight is 839 g/mol. The van der Waals surface area contributed by atoms with Gasteiger partial charge in [0.25, 0.3) is 0 Å². The first kappa shape index (κ1) is 36.6. The molecule has 3 aromatic heterocycles. The Morgan fingerprint density at radius 1 is 0.303 bits per heavy atom. The normalized spacial score (nSPS) is 11.9. The van der Waals surface area contributed by atoms with Gasteiger partial charge in [0, 0.05) is 54.7 Å². The molecule has 0 aliphatic heterocycles. The van der Waals surface area contributed by atoms with E-state index >= 15 is 0 Å². The molecule has 0 radical (unpaired) electrons. The van der Waals surface area contributed by atoms with Crippen LogP contribution in [-0.4, -0.2) is 19.1 Å². The summed E-state index contributed by atoms with van der Waals surface area (Å²) in [5.41, 5.74) is 14.7. The van der Waals surface area contributed by atoms with Crippen molar-refractivity contribution in [2.45, 2.75) is 0 Å². The lowest BCUT2D eigenvalue weighted by atomic mass is 9.95. The van der Waals surface area contributed by atoms with Crippen LogP contribution in [0.15, 0.2) is 231 Å². The second-order valence-electron chi connectivity index (χ2n) is 17.2. The lowest BCUT2D eigenvalue weighted by Crippen LogP contribution is -1.99. The van der Waals surface area contributed by atoms with Gasteiger partial charge in [0.05, 0.1) is 50.2 Å². The Kier molecular flexibility index (Phi) is 7.95. The van der Waals surface area contributed by atoms with Gasteiger partial charge in [-0.15, -0.1) is 0 Å². The van der Waals surface area contributed by atoms with Crippen molar-refractivity contribution < 1.29 is 0 Å². The lowest BCUT2D eigenvalue weighted by Gasteiger charge is -2.17. The third kappa shape index (κ3) is 5.33. The van der Waals surface area contributed by atoms with E-state index in [2.05, 4.69) is 228 Å². The maximum absolute atomic E-state index is 5.51. The molecule has 66 heavy (non-hydrogen) atoms. The summed E-state index contributed by atoms with van der Waals surface area (Å²) in [5, 5.41) is 12.3. The van der Waals surface area contributed by atoms with E-state index in [0.717, 1.165) is 72.3 Å². The molecule has 0 amide bonds. The van der Waals surface area contributed by atoms with E-state index in [9.17, 15) is 0 Å². The van der Waals surface area contributed by atoms with Gasteiger partial charge in [-0.05, 0) is 69.6 Å². The molecule has 0 saturated carbocycles. The zero-order valence-corrected chi connectivity index (χ0v) is 35.7. The molecule has 0 atom stereocenters. The van der Waals surface area contributed by atoms with E-state index in [1.54, 1.807) is 0 Å². The molecular formula is C62H38N4. The van der Waals surface area contributed by atoms with Gasteiger partial charge in [-0.2, -0.15) is 0 Å². The fraction of sp³-hybridized carbons (Fsp3) is 0. The maximum Gasteiger partial charge on any atom is 0.0973 e. The molecule has 0 N–H and O–H groups in total. The van der Waals surface area contributed by atoms with Gasteiger partial charge >= 0.3 is 0 Å². The number of rotatable bonds is 5. The Labute approximate surface area is 379 Å². The molecule has 0 bridgehead atoms. The van der Waals surface area contributed by atoms with Crippen LogP contribution in [-0.2, 0) is 0 Å². The Morgan fingerprint density at radius 3 is 1.59 bits per heavy atom. The largest absolute Gasteiger partial charge is 0.309 e. The molecule has 0 saturated heterocycles. The second kappa shape index (κ2) is 14.3. The van der Waals surface area contributed by atoms with Crippen LogP contribution in [0.3, 0.4) is 0 Å². The molecule has 14 aromatic rings. The van der Waals surface area contributed by atoms with Crippen LogP contribution in [0, 0.1) is 0 Å². The van der Waals surface area contributed by atoms with Gasteiger partial charge < -0.3 is 9.13 Å². The van der Waals surface area contributed by atoms with Gasteiger partial charge in [-0.3, -0.25) is 0 Å². The van der Waals surface area contributed by atoms with Crippen molar-refractivity contribution in [2.75, 3.05) is 0 Å². The minimum Gasteiger partial charge on any atom is -0.309 e. The summed E-state index contributed by atoms with van der Waals surface area (Å²) in [6, 6.07) is 83.1. The van der Waals surface area contributed by atoms with Crippen molar-refractivity contribution >= 4 is 87.0 Å². The summed E-state index contributed by atoms with van der Waals surface area (Å²) >= 11 is 0. The molecule has 306 valence electrons. The van der Waals surface area contributed by atoms with Crippen molar-refractivity contribution in [2.24, 2.45) is 0 Å². The molecule has 0 spiro atoms. The van der Waals surface area contributed by atoms with Crippen LogP contribution in [0.1, 0.15) is 0 Å². The highest BCUT2D eigenvalue weighted by Crippen LogP contribution is 2.46. The number of fused-ring (bicyclic) bond motifs is 13. The number of nitrogens with zero attached hydrogens (tertiary/aromatic N) is 4. The van der Waals surface area contributed by atoms with Crippen LogP contribution in [0.4, 0.5) is 0 Å². The van der Waals surface area contributed by atoms with Gasteiger partial charge in [-0.25, -0.2) is 9.97 Å². The minimum atomic E-state index is 0.861. The van der Waals surface area contributed by atoms with Crippen LogP contribution in [0.5, 0.6) is 0 Å². The molecule has 4 heteroatoms. The van der Waals surface area contributed by atoms with Crippen molar-refractivity contribution in [3.05, 3.63) is 231 Å². The Balaban J connectivity index is 1.06. The van der Waals surface area contributed by atoms with Crippen molar-refractivity contribution in [3.63, 3.8) is 0 Å². The monoisotopic (exact) mass is 838 g/mol. The third-order valence-electron chi connectivity index (χ3n) is 13.7. The van der Waals surface area contributed by atoms with Gasteiger partial charge in [0.2, 0.25) is 0 Å². The molecule has 3 heterocycles. The molecule has 14 rings (SSSR count). The number of para-hydroxylation sites is 3. The molecular weight excluding hydrogens is 801 g/mol. The summed E-state index contributed by atoms with van der Waals surface area (Å²) in [5.74, 6) is 0. The van der Waals surface area contributed by atoms with E-state index in [-0.39, 0.29) is 0 Å². The van der Waals surface area contributed by atoms with Crippen LogP contribution >= 0.6 is 0 Å². The summed E-state index contributed by atoms with van der Waals surface area (Å²) < 4.78 is 4.98. The fourth-order valence-corrected chi connectivity index (χ4v) is 10.8. The van der Waals surface area contributed by atoms with E-state index in [4.69, 9.17) is 9.97 Å². The van der Waals surface area contributed by atoms with Crippen molar-refractivity contribution in [1.29, 1.82) is 0 Å². The van der Waals surface area contributed by atoms with Crippen LogP contribution in [0.2, 0.25) is 0 Å². The first-order valence-corrected chi connectivity index (χ1v) is 22.6. The third-order valence-corrected chi connectivity index (χ3v) is 13.7. The first-order chi connectivity index (χ1) is 32.8. The molecule has 0 fully saturated rings. The Morgan fingerprint density at radius 2 is 0.864 bits per heavy atom. The number of hydrogen-bond donors (Lipinski definition) is 0. The smallest absolute Gasteiger partial charge is 0.0973 e. The number of hydrogen-bond acceptors (Lipinski definition) is 2. The van der Waals surface area contributed by atoms with Crippen LogP contribution in [0.25, 0.3) is 132 Å². The van der Waals surface area contributed by atoms with Gasteiger partial charge in [0.1, 0.15) is 0 Å². The molecule has 11 aromatic carbocycles. The quantitative estimate of drug-likeness (QED) is 0.162. The Bertz CT molecular complexity index is 4260. The van der Waals surface area contributed by atoms with E-state index in [1.807, 2.05) is 12.1 Å². The highest BCUT2D eigenvalue weighted by Gasteiger charge is 2.24. The van der Waals surface area contributed by atoms with Gasteiger partial charge in [0.15, 0.2) is 0 Å².